The first-order chi connectivity index (χ1) is 20.7. The van der Waals surface area contributed by atoms with Crippen LogP contribution in [0.4, 0.5) is 9.18 Å². The number of alkyl carbamates (subject to hydrolysis) is 1. The van der Waals surface area contributed by atoms with Gasteiger partial charge in [0.2, 0.25) is 17.7 Å². The Morgan fingerprint density at radius 1 is 0.818 bits per heavy atom. The van der Waals surface area contributed by atoms with E-state index in [0.717, 1.165) is 6.92 Å². The van der Waals surface area contributed by atoms with E-state index in [9.17, 15) is 43.1 Å². The normalized spacial score (nSPS) is 14.8. The van der Waals surface area contributed by atoms with Gasteiger partial charge in [0.15, 0.2) is 5.78 Å². The zero-order valence-electron chi connectivity index (χ0n) is 24.6. The molecule has 7 N–H and O–H groups in total. The van der Waals surface area contributed by atoms with Crippen LogP contribution < -0.4 is 21.3 Å². The van der Waals surface area contributed by atoms with Crippen LogP contribution in [-0.4, -0.2) is 93.8 Å². The van der Waals surface area contributed by atoms with Crippen molar-refractivity contribution in [2.24, 2.45) is 5.92 Å². The maximum absolute atomic E-state index is 13.3. The van der Waals surface area contributed by atoms with E-state index in [1.54, 1.807) is 44.2 Å². The van der Waals surface area contributed by atoms with Gasteiger partial charge in [0.1, 0.15) is 37.4 Å². The summed E-state index contributed by atoms with van der Waals surface area (Å²) in [6, 6.07) is 2.32. The molecule has 4 amide bonds. The number of alkyl halides is 1. The van der Waals surface area contributed by atoms with Crippen LogP contribution in [0.3, 0.4) is 0 Å². The number of carboxylic acid groups (broad SMARTS) is 2. The van der Waals surface area contributed by atoms with Crippen LogP contribution in [0, 0.1) is 5.92 Å². The number of halogens is 1. The molecule has 0 saturated heterocycles. The van der Waals surface area contributed by atoms with E-state index in [0.29, 0.717) is 12.0 Å². The van der Waals surface area contributed by atoms with Crippen molar-refractivity contribution in [1.82, 2.24) is 21.3 Å². The summed E-state index contributed by atoms with van der Waals surface area (Å²) in [7, 11) is 0. The second-order valence-electron chi connectivity index (χ2n) is 10.0. The van der Waals surface area contributed by atoms with E-state index in [2.05, 4.69) is 16.0 Å². The van der Waals surface area contributed by atoms with Gasteiger partial charge in [-0.1, -0.05) is 50.6 Å². The number of nitrogens with one attached hydrogen (secondary N) is 4. The van der Waals surface area contributed by atoms with E-state index in [-0.39, 0.29) is 6.61 Å². The third kappa shape index (κ3) is 13.1. The summed E-state index contributed by atoms with van der Waals surface area (Å²) in [5, 5.41) is 37.2. The van der Waals surface area contributed by atoms with E-state index in [1.807, 2.05) is 5.32 Å². The molecule has 0 spiro atoms. The molecule has 1 aromatic carbocycles. The average molecular weight is 627 g/mol. The SMILES string of the molecule is CC[C@H](C)[C@H](NC(=O)OCc1ccccc1)C(=O)N[C@@H](CCC(=O)O)C(=O)N[C@H](C(=O)N[C@@H](CC(=O)O)C(=O)CF)C(C)O. The summed E-state index contributed by atoms with van der Waals surface area (Å²) in [6.07, 6.45) is -4.18. The number of ether oxygens (including phenoxy) is 1. The Kier molecular flexibility index (Phi) is 16.0. The van der Waals surface area contributed by atoms with Gasteiger partial charge in [0.25, 0.3) is 0 Å². The van der Waals surface area contributed by atoms with Crippen molar-refractivity contribution in [3.63, 3.8) is 0 Å². The van der Waals surface area contributed by atoms with Crippen molar-refractivity contribution in [2.75, 3.05) is 6.67 Å². The van der Waals surface area contributed by atoms with Crippen molar-refractivity contribution < 1.29 is 58.0 Å². The molecule has 0 fully saturated rings. The number of rotatable bonds is 19. The first-order valence-corrected chi connectivity index (χ1v) is 13.8. The van der Waals surface area contributed by atoms with Gasteiger partial charge in [-0.25, -0.2) is 9.18 Å². The zero-order valence-corrected chi connectivity index (χ0v) is 24.6. The van der Waals surface area contributed by atoms with Gasteiger partial charge in [-0.3, -0.25) is 28.8 Å². The Labute approximate surface area is 252 Å². The second-order valence-corrected chi connectivity index (χ2v) is 10.0. The molecule has 1 unspecified atom stereocenters. The number of aliphatic hydroxyl groups excluding tert-OH is 1. The smallest absolute Gasteiger partial charge is 0.408 e. The number of Topliss-reactive ketones (excluding diaryl/α,β-unsaturated/α-hetero) is 1. The second kappa shape index (κ2) is 18.8. The van der Waals surface area contributed by atoms with Crippen molar-refractivity contribution in [2.45, 2.75) is 83.3 Å². The van der Waals surface area contributed by atoms with Crippen LogP contribution in [0.15, 0.2) is 30.3 Å². The predicted molar refractivity (Wildman–Crippen MR) is 151 cm³/mol. The van der Waals surface area contributed by atoms with E-state index < -0.39 is 104 Å². The first-order valence-electron chi connectivity index (χ1n) is 13.8. The third-order valence-electron chi connectivity index (χ3n) is 6.54. The van der Waals surface area contributed by atoms with Gasteiger partial charge in [-0.2, -0.15) is 0 Å². The van der Waals surface area contributed by atoms with Crippen molar-refractivity contribution in [3.05, 3.63) is 35.9 Å². The van der Waals surface area contributed by atoms with Gasteiger partial charge in [0.05, 0.1) is 12.5 Å². The van der Waals surface area contributed by atoms with Crippen molar-refractivity contribution in [3.8, 4) is 0 Å². The molecule has 244 valence electrons. The number of aliphatic hydroxyl groups is 1. The molecule has 16 heteroatoms. The van der Waals surface area contributed by atoms with Gasteiger partial charge in [-0.15, -0.1) is 0 Å². The molecule has 0 saturated carbocycles. The number of carboxylic acids is 2. The van der Waals surface area contributed by atoms with Crippen molar-refractivity contribution in [1.29, 1.82) is 0 Å². The Morgan fingerprint density at radius 2 is 1.41 bits per heavy atom. The largest absolute Gasteiger partial charge is 0.481 e. The fraction of sp³-hybridized carbons (Fsp3) is 0.536. The summed E-state index contributed by atoms with van der Waals surface area (Å²) in [6.45, 7) is 2.81. The van der Waals surface area contributed by atoms with Crippen LogP contribution in [0.1, 0.15) is 52.0 Å². The maximum Gasteiger partial charge on any atom is 0.408 e. The molecule has 1 aromatic rings. The molecule has 1 rings (SSSR count). The molecular formula is C28H39FN4O11. The number of benzene rings is 1. The van der Waals surface area contributed by atoms with E-state index >= 15 is 0 Å². The van der Waals surface area contributed by atoms with Crippen LogP contribution in [0.25, 0.3) is 0 Å². The fourth-order valence-corrected chi connectivity index (χ4v) is 3.83. The third-order valence-corrected chi connectivity index (χ3v) is 6.54. The Bertz CT molecular complexity index is 1170. The van der Waals surface area contributed by atoms with Gasteiger partial charge >= 0.3 is 18.0 Å². The summed E-state index contributed by atoms with van der Waals surface area (Å²) < 4.78 is 18.1. The van der Waals surface area contributed by atoms with Crippen molar-refractivity contribution >= 4 is 41.5 Å². The number of aliphatic carboxylic acids is 2. The number of carbonyl (C=O) groups is 7. The molecule has 0 radical (unpaired) electrons. The Morgan fingerprint density at radius 3 is 1.93 bits per heavy atom. The monoisotopic (exact) mass is 626 g/mol. The lowest BCUT2D eigenvalue weighted by atomic mass is 9.97. The lowest BCUT2D eigenvalue weighted by molar-refractivity contribution is -0.141. The Balaban J connectivity index is 3.09. The highest BCUT2D eigenvalue weighted by Crippen LogP contribution is 2.11. The molecule has 0 aliphatic rings. The van der Waals surface area contributed by atoms with Gasteiger partial charge in [-0.05, 0) is 24.8 Å². The highest BCUT2D eigenvalue weighted by Gasteiger charge is 2.35. The quantitative estimate of drug-likeness (QED) is 0.108. The molecule has 0 heterocycles. The van der Waals surface area contributed by atoms with Crippen LogP contribution in [-0.2, 0) is 40.1 Å². The lowest BCUT2D eigenvalue weighted by Crippen LogP contribution is -2.60. The molecule has 0 aromatic heterocycles. The lowest BCUT2D eigenvalue weighted by Gasteiger charge is -2.28. The van der Waals surface area contributed by atoms with Crippen LogP contribution in [0.2, 0.25) is 0 Å². The van der Waals surface area contributed by atoms with Crippen LogP contribution >= 0.6 is 0 Å². The number of carbonyl (C=O) groups excluding carboxylic acids is 5. The van der Waals surface area contributed by atoms with Crippen LogP contribution in [0.5, 0.6) is 0 Å². The molecule has 15 nitrogen and oxygen atoms in total. The van der Waals surface area contributed by atoms with Gasteiger partial charge in [0, 0.05) is 6.42 Å². The summed E-state index contributed by atoms with van der Waals surface area (Å²) in [5.74, 6) is -7.78. The molecular weight excluding hydrogens is 587 g/mol. The predicted octanol–water partition coefficient (Wildman–Crippen LogP) is 0.0408. The fourth-order valence-electron chi connectivity index (χ4n) is 3.83. The topological polar surface area (TPSA) is 238 Å². The first kappa shape index (κ1) is 37.4. The Hall–Kier alpha value is -4.60. The molecule has 0 bridgehead atoms. The number of hydrogen-bond donors (Lipinski definition) is 7. The molecule has 6 atom stereocenters. The number of amides is 4. The molecule has 44 heavy (non-hydrogen) atoms. The molecule has 0 aliphatic carbocycles. The zero-order chi connectivity index (χ0) is 33.4. The minimum absolute atomic E-state index is 0.0851. The summed E-state index contributed by atoms with van der Waals surface area (Å²) in [5.41, 5.74) is 0.692. The highest BCUT2D eigenvalue weighted by molar-refractivity contribution is 5.97. The minimum atomic E-state index is -1.81. The number of ketones is 1. The summed E-state index contributed by atoms with van der Waals surface area (Å²) in [4.78, 5) is 85.7. The minimum Gasteiger partial charge on any atom is -0.481 e. The van der Waals surface area contributed by atoms with E-state index in [4.69, 9.17) is 14.9 Å². The van der Waals surface area contributed by atoms with E-state index in [1.165, 1.54) is 0 Å². The standard InChI is InChI=1S/C28H39FN4O11/c1-4-15(2)23(33-28(43)44-14-17-8-6-5-7-9-17)26(41)30-18(10-11-21(36)37)25(40)32-24(16(3)34)27(42)31-19(12-22(38)39)20(35)13-29/h5-9,15-16,18-19,23-24,34H,4,10-14H2,1-3H3,(H,30,41)(H,31,42)(H,32,40)(H,33,43)(H,36,37)(H,38,39)/t15-,16?,18-,19-,23-,24-/m0/s1. The summed E-state index contributed by atoms with van der Waals surface area (Å²) >= 11 is 0. The molecule has 0 aliphatic heterocycles. The number of hydrogen-bond acceptors (Lipinski definition) is 9. The average Bonchev–Trinajstić information content (AvgIpc) is 2.98. The maximum atomic E-state index is 13.3. The van der Waals surface area contributed by atoms with Gasteiger partial charge < -0.3 is 41.3 Å². The highest BCUT2D eigenvalue weighted by atomic mass is 19.1.